The van der Waals surface area contributed by atoms with Crippen LogP contribution in [0.2, 0.25) is 0 Å². The molecule has 0 unspecified atom stereocenters. The highest BCUT2D eigenvalue weighted by Crippen LogP contribution is 2.28. The van der Waals surface area contributed by atoms with E-state index in [1.54, 1.807) is 6.07 Å². The van der Waals surface area contributed by atoms with E-state index in [-0.39, 0.29) is 5.91 Å². The first-order valence-corrected chi connectivity index (χ1v) is 7.93. The Balaban J connectivity index is 1.78. The Morgan fingerprint density at radius 2 is 2.05 bits per heavy atom. The zero-order valence-corrected chi connectivity index (χ0v) is 13.2. The molecule has 1 saturated carbocycles. The van der Waals surface area contributed by atoms with Crippen molar-refractivity contribution in [3.05, 3.63) is 23.8 Å². The Bertz CT molecular complexity index is 479. The van der Waals surface area contributed by atoms with Gasteiger partial charge in [-0.1, -0.05) is 25.7 Å². The van der Waals surface area contributed by atoms with Crippen LogP contribution in [0.5, 0.6) is 0 Å². The van der Waals surface area contributed by atoms with Gasteiger partial charge >= 0.3 is 0 Å². The van der Waals surface area contributed by atoms with Crippen LogP contribution in [-0.2, 0) is 0 Å². The average molecular weight is 289 g/mol. The van der Waals surface area contributed by atoms with E-state index >= 15 is 0 Å². The normalized spacial score (nSPS) is 15.1. The number of benzene rings is 1. The number of nitrogens with zero attached hydrogens (tertiary/aromatic N) is 1. The Morgan fingerprint density at radius 3 is 2.67 bits per heavy atom. The summed E-state index contributed by atoms with van der Waals surface area (Å²) in [5.74, 6) is 0.857. The molecular formula is C17H27N3O. The molecule has 116 valence electrons. The summed E-state index contributed by atoms with van der Waals surface area (Å²) in [6.45, 7) is 0.755. The second-order valence-electron chi connectivity index (χ2n) is 6.22. The van der Waals surface area contributed by atoms with Crippen LogP contribution in [0.1, 0.15) is 48.9 Å². The first kappa shape index (κ1) is 15.7. The van der Waals surface area contributed by atoms with Crippen LogP contribution in [0.25, 0.3) is 0 Å². The van der Waals surface area contributed by atoms with Crippen LogP contribution < -0.4 is 16.0 Å². The standard InChI is InChI=1S/C17H27N3O/c1-20(2)16-10-9-14(12-15(16)18)17(21)19-11-5-8-13-6-3-4-7-13/h9-10,12-13H,3-8,11,18H2,1-2H3,(H,19,21). The monoisotopic (exact) mass is 289 g/mol. The second kappa shape index (κ2) is 7.34. The van der Waals surface area contributed by atoms with E-state index in [1.807, 2.05) is 31.1 Å². The summed E-state index contributed by atoms with van der Waals surface area (Å²) < 4.78 is 0. The smallest absolute Gasteiger partial charge is 0.251 e. The molecule has 1 fully saturated rings. The molecule has 1 amide bonds. The molecule has 0 aliphatic heterocycles. The van der Waals surface area contributed by atoms with Crippen molar-refractivity contribution >= 4 is 17.3 Å². The first-order chi connectivity index (χ1) is 10.1. The zero-order valence-electron chi connectivity index (χ0n) is 13.2. The Morgan fingerprint density at radius 1 is 1.33 bits per heavy atom. The van der Waals surface area contributed by atoms with Gasteiger partial charge in [-0.05, 0) is 37.0 Å². The fourth-order valence-electron chi connectivity index (χ4n) is 3.10. The van der Waals surface area contributed by atoms with Crippen molar-refractivity contribution in [2.24, 2.45) is 5.92 Å². The van der Waals surface area contributed by atoms with Gasteiger partial charge in [-0.15, -0.1) is 0 Å². The summed E-state index contributed by atoms with van der Waals surface area (Å²) >= 11 is 0. The lowest BCUT2D eigenvalue weighted by molar-refractivity contribution is 0.0952. The lowest BCUT2D eigenvalue weighted by atomic mass is 10.0. The third-order valence-electron chi connectivity index (χ3n) is 4.32. The number of carbonyl (C=O) groups excluding carboxylic acids is 1. The van der Waals surface area contributed by atoms with Gasteiger partial charge in [0.2, 0.25) is 0 Å². The molecule has 4 heteroatoms. The van der Waals surface area contributed by atoms with Gasteiger partial charge in [0.15, 0.2) is 0 Å². The molecule has 2 rings (SSSR count). The van der Waals surface area contributed by atoms with Gasteiger partial charge in [0.05, 0.1) is 11.4 Å². The number of amides is 1. The Hall–Kier alpha value is -1.71. The van der Waals surface area contributed by atoms with Crippen molar-refractivity contribution < 1.29 is 4.79 Å². The number of nitrogen functional groups attached to an aromatic ring is 1. The zero-order chi connectivity index (χ0) is 15.2. The molecule has 0 bridgehead atoms. The van der Waals surface area contributed by atoms with Crippen LogP contribution in [-0.4, -0.2) is 26.5 Å². The molecule has 1 aliphatic carbocycles. The van der Waals surface area contributed by atoms with Gasteiger partial charge in [-0.3, -0.25) is 4.79 Å². The molecule has 1 aliphatic rings. The number of nitrogens with two attached hydrogens (primary N) is 1. The van der Waals surface area contributed by atoms with Gasteiger partial charge in [0, 0.05) is 26.2 Å². The van der Waals surface area contributed by atoms with E-state index in [2.05, 4.69) is 5.32 Å². The fraction of sp³-hybridized carbons (Fsp3) is 0.588. The van der Waals surface area contributed by atoms with E-state index < -0.39 is 0 Å². The Kier molecular flexibility index (Phi) is 5.48. The highest BCUT2D eigenvalue weighted by molar-refractivity contribution is 5.96. The number of anilines is 2. The molecule has 3 N–H and O–H groups in total. The summed E-state index contributed by atoms with van der Waals surface area (Å²) in [5.41, 5.74) is 8.19. The van der Waals surface area contributed by atoms with Crippen LogP contribution >= 0.6 is 0 Å². The van der Waals surface area contributed by atoms with E-state index in [0.29, 0.717) is 11.3 Å². The van der Waals surface area contributed by atoms with Gasteiger partial charge in [0.25, 0.3) is 5.91 Å². The molecule has 0 spiro atoms. The topological polar surface area (TPSA) is 58.4 Å². The maximum atomic E-state index is 12.1. The quantitative estimate of drug-likeness (QED) is 0.625. The van der Waals surface area contributed by atoms with Crippen LogP contribution in [0.15, 0.2) is 18.2 Å². The van der Waals surface area contributed by atoms with Gasteiger partial charge in [0.1, 0.15) is 0 Å². The summed E-state index contributed by atoms with van der Waals surface area (Å²) in [6.07, 6.45) is 7.82. The summed E-state index contributed by atoms with van der Waals surface area (Å²) in [5, 5.41) is 2.99. The van der Waals surface area contributed by atoms with E-state index in [9.17, 15) is 4.79 Å². The van der Waals surface area contributed by atoms with Crippen molar-refractivity contribution in [3.63, 3.8) is 0 Å². The van der Waals surface area contributed by atoms with Gasteiger partial charge in [-0.2, -0.15) is 0 Å². The highest BCUT2D eigenvalue weighted by atomic mass is 16.1. The van der Waals surface area contributed by atoms with E-state index in [1.165, 1.54) is 32.1 Å². The molecule has 1 aromatic carbocycles. The van der Waals surface area contributed by atoms with Crippen LogP contribution in [0.3, 0.4) is 0 Å². The molecule has 0 heterocycles. The predicted molar refractivity (Wildman–Crippen MR) is 88.7 cm³/mol. The van der Waals surface area contributed by atoms with Crippen molar-refractivity contribution in [2.45, 2.75) is 38.5 Å². The minimum atomic E-state index is -0.0292. The van der Waals surface area contributed by atoms with Gasteiger partial charge in [-0.25, -0.2) is 0 Å². The second-order valence-corrected chi connectivity index (χ2v) is 6.22. The van der Waals surface area contributed by atoms with Crippen molar-refractivity contribution in [2.75, 3.05) is 31.3 Å². The average Bonchev–Trinajstić information content (AvgIpc) is 2.96. The number of hydrogen-bond donors (Lipinski definition) is 2. The minimum absolute atomic E-state index is 0.0292. The SMILES string of the molecule is CN(C)c1ccc(C(=O)NCCCC2CCCC2)cc1N. The number of nitrogens with one attached hydrogen (secondary N) is 1. The number of hydrogen-bond acceptors (Lipinski definition) is 3. The lowest BCUT2D eigenvalue weighted by Crippen LogP contribution is -2.25. The van der Waals surface area contributed by atoms with Crippen LogP contribution in [0, 0.1) is 5.92 Å². The molecule has 0 radical (unpaired) electrons. The largest absolute Gasteiger partial charge is 0.397 e. The molecule has 4 nitrogen and oxygen atoms in total. The predicted octanol–water partition coefficient (Wildman–Crippen LogP) is 3.04. The highest BCUT2D eigenvalue weighted by Gasteiger charge is 2.14. The first-order valence-electron chi connectivity index (χ1n) is 7.93. The maximum absolute atomic E-state index is 12.1. The minimum Gasteiger partial charge on any atom is -0.397 e. The number of rotatable bonds is 6. The molecule has 0 saturated heterocycles. The van der Waals surface area contributed by atoms with Crippen molar-refractivity contribution in [1.29, 1.82) is 0 Å². The third-order valence-corrected chi connectivity index (χ3v) is 4.32. The molecule has 0 atom stereocenters. The molecule has 0 aromatic heterocycles. The van der Waals surface area contributed by atoms with Crippen molar-refractivity contribution in [1.82, 2.24) is 5.32 Å². The van der Waals surface area contributed by atoms with E-state index in [0.717, 1.165) is 24.6 Å². The Labute approximate surface area is 127 Å². The van der Waals surface area contributed by atoms with Gasteiger partial charge < -0.3 is 16.0 Å². The molecular weight excluding hydrogens is 262 g/mol. The summed E-state index contributed by atoms with van der Waals surface area (Å²) in [7, 11) is 3.88. The van der Waals surface area contributed by atoms with E-state index in [4.69, 9.17) is 5.73 Å². The summed E-state index contributed by atoms with van der Waals surface area (Å²) in [4.78, 5) is 14.0. The molecule has 1 aromatic rings. The number of carbonyl (C=O) groups is 1. The van der Waals surface area contributed by atoms with Crippen molar-refractivity contribution in [3.8, 4) is 0 Å². The van der Waals surface area contributed by atoms with Crippen LogP contribution in [0.4, 0.5) is 11.4 Å². The maximum Gasteiger partial charge on any atom is 0.251 e. The fourth-order valence-corrected chi connectivity index (χ4v) is 3.10. The molecule has 21 heavy (non-hydrogen) atoms. The third kappa shape index (κ3) is 4.38. The summed E-state index contributed by atoms with van der Waals surface area (Å²) in [6, 6.07) is 5.47. The lowest BCUT2D eigenvalue weighted by Gasteiger charge is -2.16.